The first-order chi connectivity index (χ1) is 5.88. The fraction of sp³-hybridized carbons (Fsp3) is 0.727. The number of nitrogens with one attached hydrogen (secondary N) is 1. The number of hydrogen-bond acceptors (Lipinski definition) is 1. The summed E-state index contributed by atoms with van der Waals surface area (Å²) in [5, 5.41) is 2.66. The second-order valence-electron chi connectivity index (χ2n) is 4.45. The molecule has 0 heterocycles. The standard InChI is InChI=1S/C11H19NO/c1-6-7-12-10(13)8-9(2)11(3,4)5/h1,9H,7-8H2,2-5H3,(H,12,13). The van der Waals surface area contributed by atoms with Gasteiger partial charge in [0.05, 0.1) is 6.54 Å². The maximum Gasteiger partial charge on any atom is 0.221 e. The Morgan fingerprint density at radius 2 is 2.08 bits per heavy atom. The van der Waals surface area contributed by atoms with Crippen molar-refractivity contribution in [3.63, 3.8) is 0 Å². The van der Waals surface area contributed by atoms with Crippen LogP contribution >= 0.6 is 0 Å². The molecule has 0 saturated heterocycles. The molecule has 1 N–H and O–H groups in total. The predicted octanol–water partition coefficient (Wildman–Crippen LogP) is 1.81. The summed E-state index contributed by atoms with van der Waals surface area (Å²) in [6.07, 6.45) is 5.58. The van der Waals surface area contributed by atoms with Crippen LogP contribution in [0.2, 0.25) is 0 Å². The lowest BCUT2D eigenvalue weighted by Crippen LogP contribution is -2.29. The van der Waals surface area contributed by atoms with Gasteiger partial charge in [-0.15, -0.1) is 6.42 Å². The highest BCUT2D eigenvalue weighted by Gasteiger charge is 2.22. The van der Waals surface area contributed by atoms with Gasteiger partial charge in [-0.2, -0.15) is 0 Å². The molecular weight excluding hydrogens is 162 g/mol. The van der Waals surface area contributed by atoms with Crippen LogP contribution in [0.3, 0.4) is 0 Å². The van der Waals surface area contributed by atoms with Gasteiger partial charge in [-0.05, 0) is 11.3 Å². The third kappa shape index (κ3) is 5.30. The van der Waals surface area contributed by atoms with Crippen molar-refractivity contribution in [3.05, 3.63) is 0 Å². The van der Waals surface area contributed by atoms with E-state index < -0.39 is 0 Å². The highest BCUT2D eigenvalue weighted by atomic mass is 16.1. The van der Waals surface area contributed by atoms with Gasteiger partial charge in [-0.25, -0.2) is 0 Å². The quantitative estimate of drug-likeness (QED) is 0.661. The smallest absolute Gasteiger partial charge is 0.221 e. The fourth-order valence-electron chi connectivity index (χ4n) is 0.806. The molecule has 0 spiro atoms. The molecule has 0 fully saturated rings. The first-order valence-electron chi connectivity index (χ1n) is 4.58. The van der Waals surface area contributed by atoms with Crippen LogP contribution in [0.1, 0.15) is 34.1 Å². The summed E-state index contributed by atoms with van der Waals surface area (Å²) in [6, 6.07) is 0. The second kappa shape index (κ2) is 4.91. The molecule has 1 atom stereocenters. The minimum atomic E-state index is 0.0420. The van der Waals surface area contributed by atoms with Crippen molar-refractivity contribution in [2.24, 2.45) is 11.3 Å². The molecule has 1 unspecified atom stereocenters. The predicted molar refractivity (Wildman–Crippen MR) is 55.1 cm³/mol. The molecule has 2 nitrogen and oxygen atoms in total. The molecular formula is C11H19NO. The van der Waals surface area contributed by atoms with Crippen molar-refractivity contribution in [1.82, 2.24) is 5.32 Å². The van der Waals surface area contributed by atoms with Crippen molar-refractivity contribution in [2.45, 2.75) is 34.1 Å². The van der Waals surface area contributed by atoms with E-state index in [4.69, 9.17) is 6.42 Å². The third-order valence-electron chi connectivity index (χ3n) is 2.36. The largest absolute Gasteiger partial charge is 0.345 e. The molecule has 0 rings (SSSR count). The second-order valence-corrected chi connectivity index (χ2v) is 4.45. The lowest BCUT2D eigenvalue weighted by Gasteiger charge is -2.26. The molecule has 74 valence electrons. The molecule has 2 heteroatoms. The highest BCUT2D eigenvalue weighted by Crippen LogP contribution is 2.27. The minimum absolute atomic E-state index is 0.0420. The molecule has 0 aromatic rings. The van der Waals surface area contributed by atoms with Crippen LogP contribution in [-0.4, -0.2) is 12.5 Å². The first-order valence-corrected chi connectivity index (χ1v) is 4.58. The van der Waals surface area contributed by atoms with Crippen molar-refractivity contribution >= 4 is 5.91 Å². The average Bonchev–Trinajstić information content (AvgIpc) is 1.99. The van der Waals surface area contributed by atoms with E-state index in [0.717, 1.165) is 0 Å². The molecule has 1 amide bonds. The topological polar surface area (TPSA) is 29.1 Å². The van der Waals surface area contributed by atoms with E-state index in [9.17, 15) is 4.79 Å². The van der Waals surface area contributed by atoms with Gasteiger partial charge in [0.1, 0.15) is 0 Å². The fourth-order valence-corrected chi connectivity index (χ4v) is 0.806. The summed E-state index contributed by atoms with van der Waals surface area (Å²) < 4.78 is 0. The summed E-state index contributed by atoms with van der Waals surface area (Å²) in [5.74, 6) is 2.79. The van der Waals surface area contributed by atoms with Crippen LogP contribution in [0.4, 0.5) is 0 Å². The van der Waals surface area contributed by atoms with E-state index >= 15 is 0 Å². The Bertz CT molecular complexity index is 207. The van der Waals surface area contributed by atoms with E-state index in [-0.39, 0.29) is 11.3 Å². The lowest BCUT2D eigenvalue weighted by atomic mass is 9.80. The Kier molecular flexibility index (Phi) is 4.55. The van der Waals surface area contributed by atoms with Gasteiger partial charge in [0, 0.05) is 6.42 Å². The zero-order valence-electron chi connectivity index (χ0n) is 8.98. The molecule has 0 radical (unpaired) electrons. The van der Waals surface area contributed by atoms with Crippen LogP contribution in [0, 0.1) is 23.7 Å². The van der Waals surface area contributed by atoms with E-state index in [1.54, 1.807) is 0 Å². The summed E-state index contributed by atoms with van der Waals surface area (Å²) in [4.78, 5) is 11.3. The monoisotopic (exact) mass is 181 g/mol. The Hall–Kier alpha value is -0.970. The Balaban J connectivity index is 3.87. The van der Waals surface area contributed by atoms with Gasteiger partial charge in [0.25, 0.3) is 0 Å². The Morgan fingerprint density at radius 3 is 2.46 bits per heavy atom. The summed E-state index contributed by atoms with van der Waals surface area (Å²) in [5.41, 5.74) is 0.174. The Morgan fingerprint density at radius 1 is 1.54 bits per heavy atom. The van der Waals surface area contributed by atoms with Crippen molar-refractivity contribution < 1.29 is 4.79 Å². The molecule has 0 aliphatic heterocycles. The lowest BCUT2D eigenvalue weighted by molar-refractivity contribution is -0.122. The maximum atomic E-state index is 11.3. The van der Waals surface area contributed by atoms with Crippen molar-refractivity contribution in [1.29, 1.82) is 0 Å². The number of hydrogen-bond donors (Lipinski definition) is 1. The van der Waals surface area contributed by atoms with Crippen molar-refractivity contribution in [3.8, 4) is 12.3 Å². The van der Waals surface area contributed by atoms with E-state index in [2.05, 4.69) is 38.9 Å². The SMILES string of the molecule is C#CCNC(=O)CC(C)C(C)(C)C. The maximum absolute atomic E-state index is 11.3. The minimum Gasteiger partial charge on any atom is -0.345 e. The molecule has 0 saturated carbocycles. The van der Waals surface area contributed by atoms with Gasteiger partial charge >= 0.3 is 0 Å². The van der Waals surface area contributed by atoms with Crippen LogP contribution in [0.15, 0.2) is 0 Å². The zero-order valence-corrected chi connectivity index (χ0v) is 8.98. The number of carbonyl (C=O) groups is 1. The van der Waals surface area contributed by atoms with Gasteiger partial charge in [-0.3, -0.25) is 4.79 Å². The first kappa shape index (κ1) is 12.0. The van der Waals surface area contributed by atoms with Crippen LogP contribution < -0.4 is 5.32 Å². The number of terminal acetylenes is 1. The average molecular weight is 181 g/mol. The number of amides is 1. The Labute approximate surface area is 81.1 Å². The van der Waals surface area contributed by atoms with Gasteiger partial charge in [0.2, 0.25) is 5.91 Å². The van der Waals surface area contributed by atoms with E-state index in [0.29, 0.717) is 18.9 Å². The van der Waals surface area contributed by atoms with E-state index in [1.165, 1.54) is 0 Å². The highest BCUT2D eigenvalue weighted by molar-refractivity contribution is 5.76. The van der Waals surface area contributed by atoms with Gasteiger partial charge < -0.3 is 5.32 Å². The number of rotatable bonds is 3. The van der Waals surface area contributed by atoms with E-state index in [1.807, 2.05) is 0 Å². The molecule has 0 bridgehead atoms. The molecule has 0 aliphatic rings. The normalized spacial score (nSPS) is 13.2. The third-order valence-corrected chi connectivity index (χ3v) is 2.36. The van der Waals surface area contributed by atoms with Crippen LogP contribution in [0.25, 0.3) is 0 Å². The molecule has 0 aliphatic carbocycles. The summed E-state index contributed by atoms with van der Waals surface area (Å²) in [7, 11) is 0. The van der Waals surface area contributed by atoms with Crippen molar-refractivity contribution in [2.75, 3.05) is 6.54 Å². The van der Waals surface area contributed by atoms with Crippen LogP contribution in [-0.2, 0) is 4.79 Å². The molecule has 0 aromatic carbocycles. The summed E-state index contributed by atoms with van der Waals surface area (Å²) >= 11 is 0. The molecule has 0 aromatic heterocycles. The summed E-state index contributed by atoms with van der Waals surface area (Å²) in [6.45, 7) is 8.80. The zero-order chi connectivity index (χ0) is 10.5. The van der Waals surface area contributed by atoms with Gasteiger partial charge in [0.15, 0.2) is 0 Å². The number of carbonyl (C=O) groups excluding carboxylic acids is 1. The van der Waals surface area contributed by atoms with Crippen LogP contribution in [0.5, 0.6) is 0 Å². The molecule has 13 heavy (non-hydrogen) atoms. The van der Waals surface area contributed by atoms with Gasteiger partial charge in [-0.1, -0.05) is 33.6 Å².